The molecule has 512 valence electrons. The molecule has 0 unspecified atom stereocenters. The van der Waals surface area contributed by atoms with Crippen LogP contribution in [0, 0.1) is 0 Å². The Hall–Kier alpha value is -14.2. The van der Waals surface area contributed by atoms with Crippen molar-refractivity contribution in [3.63, 3.8) is 0 Å². The highest BCUT2D eigenvalue weighted by Gasteiger charge is 2.18. The third kappa shape index (κ3) is 16.4. The summed E-state index contributed by atoms with van der Waals surface area (Å²) in [6.45, 7) is 0. The van der Waals surface area contributed by atoms with E-state index >= 15 is 0 Å². The average Bonchev–Trinajstić information content (AvgIpc) is 0.813. The van der Waals surface area contributed by atoms with E-state index in [-0.39, 0.29) is 0 Å². The van der Waals surface area contributed by atoms with Crippen LogP contribution in [0.3, 0.4) is 0 Å². The summed E-state index contributed by atoms with van der Waals surface area (Å²) in [6, 6.07) is 152. The van der Waals surface area contributed by atoms with Gasteiger partial charge in [-0.15, -0.1) is 0 Å². The van der Waals surface area contributed by atoms with Crippen molar-refractivity contribution in [1.29, 1.82) is 0 Å². The minimum Gasteiger partial charge on any atom is -0.311 e. The fourth-order valence-corrected chi connectivity index (χ4v) is 14.1. The van der Waals surface area contributed by atoms with Gasteiger partial charge in [0.25, 0.3) is 0 Å². The predicted molar refractivity (Wildman–Crippen MR) is 463 cm³/mol. The molecule has 0 radical (unpaired) electrons. The van der Waals surface area contributed by atoms with E-state index in [4.69, 9.17) is 0 Å². The van der Waals surface area contributed by atoms with Crippen LogP contribution < -0.4 is 9.80 Å². The number of anilines is 6. The largest absolute Gasteiger partial charge is 0.311 e. The minimum atomic E-state index is 1.05. The van der Waals surface area contributed by atoms with Crippen molar-refractivity contribution in [1.82, 2.24) is 0 Å². The summed E-state index contributed by atoms with van der Waals surface area (Å²) >= 11 is 0. The van der Waals surface area contributed by atoms with Crippen molar-refractivity contribution < 1.29 is 0 Å². The van der Waals surface area contributed by atoms with Gasteiger partial charge in [0.2, 0.25) is 0 Å². The molecule has 2 nitrogen and oxygen atoms in total. The molecule has 108 heavy (non-hydrogen) atoms. The molecule has 0 bridgehead atoms. The Bertz CT molecular complexity index is 5030. The molecule has 0 saturated carbocycles. The predicted octanol–water partition coefficient (Wildman–Crippen LogP) is 28.5. The van der Waals surface area contributed by atoms with Crippen LogP contribution in [0.5, 0.6) is 0 Å². The first-order chi connectivity index (χ1) is 53.5. The summed E-state index contributed by atoms with van der Waals surface area (Å²) in [6.07, 6.45) is 18.2. The van der Waals surface area contributed by atoms with Crippen LogP contribution in [0.15, 0.2) is 425 Å². The van der Waals surface area contributed by atoms with E-state index in [2.05, 4.69) is 483 Å². The maximum absolute atomic E-state index is 2.35. The minimum absolute atomic E-state index is 1.05. The zero-order valence-electron chi connectivity index (χ0n) is 59.9. The normalized spacial score (nSPS) is 11.1. The van der Waals surface area contributed by atoms with Gasteiger partial charge in [-0.1, -0.05) is 364 Å². The molecule has 0 aliphatic rings. The SMILES string of the molecule is C(=Cc1cc2ccccc2cc1C=Cc1ccc(N(c2ccc(C=C(c3ccccc3)c3ccccc3)cc2)c2ccc(C=C(c3ccccc3)c3ccccc3)cc2)cc1)c1ccc(N(c2ccc(C=C(c3ccccc3)c3ccccc3)cc2)c2ccc(C=C(c3ccccc3)c3ccccc3)cc2)cc1. The second-order valence-corrected chi connectivity index (χ2v) is 26.9. The molecule has 16 rings (SSSR count). The van der Waals surface area contributed by atoms with Crippen LogP contribution in [-0.2, 0) is 0 Å². The van der Waals surface area contributed by atoms with E-state index in [9.17, 15) is 0 Å². The summed E-state index contributed by atoms with van der Waals surface area (Å²) < 4.78 is 0. The van der Waals surface area contributed by atoms with E-state index in [1.54, 1.807) is 0 Å². The molecule has 0 fully saturated rings. The number of nitrogens with zero attached hydrogens (tertiary/aromatic N) is 2. The Labute approximate surface area is 635 Å². The Balaban J connectivity index is 0.702. The summed E-state index contributed by atoms with van der Waals surface area (Å²) in [4.78, 5) is 4.70. The summed E-state index contributed by atoms with van der Waals surface area (Å²) in [5, 5.41) is 2.38. The average molecular weight is 1380 g/mol. The molecule has 2 heteroatoms. The Morgan fingerprint density at radius 2 is 0.324 bits per heavy atom. The van der Waals surface area contributed by atoms with Gasteiger partial charge in [0.15, 0.2) is 0 Å². The highest BCUT2D eigenvalue weighted by molar-refractivity contribution is 5.97. The summed E-state index contributed by atoms with van der Waals surface area (Å²) in [7, 11) is 0. The molecule has 0 N–H and O–H groups in total. The second kappa shape index (κ2) is 33.1. The highest BCUT2D eigenvalue weighted by atomic mass is 15.1. The standard InChI is InChI=1S/C106H78N2/c1-9-27-85(28-10-1)103(86-29-11-2-12-30-86)73-81-51-65-99(66-52-81)107(100-67-53-82(54-68-100)74-104(87-31-13-3-14-32-87)88-33-15-4-16-34-88)97-61-47-79(48-62-97)45-59-95-77-93-43-25-26-44-94(93)78-96(95)60-46-80-49-63-98(64-50-80)108(101-69-55-83(56-70-101)75-105(89-35-17-5-18-36-89)90-37-19-6-20-38-90)102-71-57-84(58-72-102)76-106(91-39-21-7-22-40-91)92-41-23-8-24-42-92/h1-78H. The number of rotatable bonds is 22. The molecular weight excluding hydrogens is 1300 g/mol. The molecule has 0 aliphatic heterocycles. The fraction of sp³-hybridized carbons (Fsp3) is 0. The van der Waals surface area contributed by atoms with Crippen molar-refractivity contribution in [2.45, 2.75) is 0 Å². The lowest BCUT2D eigenvalue weighted by Crippen LogP contribution is -2.09. The Morgan fingerprint density at radius 1 is 0.157 bits per heavy atom. The smallest absolute Gasteiger partial charge is 0.0462 e. The zero-order chi connectivity index (χ0) is 72.5. The van der Waals surface area contributed by atoms with Gasteiger partial charge < -0.3 is 9.80 Å². The van der Waals surface area contributed by atoms with Crippen LogP contribution in [0.2, 0.25) is 0 Å². The quantitative estimate of drug-likeness (QED) is 0.0624. The van der Waals surface area contributed by atoms with E-state index in [0.717, 1.165) is 78.6 Å². The molecular formula is C106H78N2. The number of hydrogen-bond donors (Lipinski definition) is 0. The van der Waals surface area contributed by atoms with Gasteiger partial charge in [-0.3, -0.25) is 0 Å². The van der Waals surface area contributed by atoms with Crippen LogP contribution in [-0.4, -0.2) is 0 Å². The second-order valence-electron chi connectivity index (χ2n) is 26.9. The van der Waals surface area contributed by atoms with Crippen molar-refractivity contribution >= 4 is 116 Å². The van der Waals surface area contributed by atoms with Crippen molar-refractivity contribution in [2.75, 3.05) is 9.80 Å². The summed E-state index contributed by atoms with van der Waals surface area (Å²) in [5.74, 6) is 0. The Morgan fingerprint density at radius 3 is 0.509 bits per heavy atom. The Kier molecular flexibility index (Phi) is 20.9. The molecule has 0 aromatic heterocycles. The lowest BCUT2D eigenvalue weighted by Gasteiger charge is -2.26. The van der Waals surface area contributed by atoms with E-state index in [1.165, 1.54) is 77.6 Å². The zero-order valence-corrected chi connectivity index (χ0v) is 59.9. The van der Waals surface area contributed by atoms with Crippen molar-refractivity contribution in [2.24, 2.45) is 0 Å². The summed E-state index contributed by atoms with van der Waals surface area (Å²) in [5.41, 5.74) is 29.3. The van der Waals surface area contributed by atoms with Gasteiger partial charge in [0.05, 0.1) is 0 Å². The lowest BCUT2D eigenvalue weighted by atomic mass is 9.95. The highest BCUT2D eigenvalue weighted by Crippen LogP contribution is 2.40. The van der Waals surface area contributed by atoms with Crippen LogP contribution in [0.1, 0.15) is 89.0 Å². The third-order valence-corrected chi connectivity index (χ3v) is 19.7. The van der Waals surface area contributed by atoms with Gasteiger partial charge >= 0.3 is 0 Å². The van der Waals surface area contributed by atoms with Gasteiger partial charge in [0, 0.05) is 34.1 Å². The molecule has 16 aromatic rings. The number of fused-ring (bicyclic) bond motifs is 1. The van der Waals surface area contributed by atoms with E-state index in [0.29, 0.717) is 0 Å². The van der Waals surface area contributed by atoms with Crippen LogP contribution in [0.4, 0.5) is 34.1 Å². The molecule has 16 aromatic carbocycles. The van der Waals surface area contributed by atoms with Crippen LogP contribution >= 0.6 is 0 Å². The first kappa shape index (κ1) is 68.3. The topological polar surface area (TPSA) is 6.48 Å². The number of benzene rings is 16. The van der Waals surface area contributed by atoms with Crippen molar-refractivity contribution in [3.8, 4) is 0 Å². The maximum atomic E-state index is 2.35. The maximum Gasteiger partial charge on any atom is 0.0462 e. The first-order valence-electron chi connectivity index (χ1n) is 36.9. The van der Waals surface area contributed by atoms with Gasteiger partial charge in [-0.05, 0) is 231 Å². The van der Waals surface area contributed by atoms with E-state index in [1.807, 2.05) is 0 Å². The fourth-order valence-electron chi connectivity index (χ4n) is 14.1. The molecule has 0 spiro atoms. The molecule has 0 heterocycles. The van der Waals surface area contributed by atoms with E-state index < -0.39 is 0 Å². The first-order valence-corrected chi connectivity index (χ1v) is 36.9. The third-order valence-electron chi connectivity index (χ3n) is 19.7. The van der Waals surface area contributed by atoms with Gasteiger partial charge in [-0.25, -0.2) is 0 Å². The number of hydrogen-bond acceptors (Lipinski definition) is 2. The molecule has 0 aliphatic carbocycles. The lowest BCUT2D eigenvalue weighted by molar-refractivity contribution is 1.28. The van der Waals surface area contributed by atoms with Crippen molar-refractivity contribution in [3.05, 3.63) is 514 Å². The van der Waals surface area contributed by atoms with Crippen LogP contribution in [0.25, 0.3) is 81.7 Å². The molecule has 0 atom stereocenters. The monoisotopic (exact) mass is 1380 g/mol. The molecule has 0 amide bonds. The van der Waals surface area contributed by atoms with Gasteiger partial charge in [-0.2, -0.15) is 0 Å². The molecule has 0 saturated heterocycles. The van der Waals surface area contributed by atoms with Gasteiger partial charge in [0.1, 0.15) is 0 Å².